The molecule has 0 fully saturated rings. The molecular weight excluding hydrogens is 323 g/mol. The zero-order valence-electron chi connectivity index (χ0n) is 9.20. The highest BCUT2D eigenvalue weighted by Crippen LogP contribution is 2.17. The van der Waals surface area contributed by atoms with Crippen molar-refractivity contribution < 1.29 is 9.53 Å². The van der Waals surface area contributed by atoms with Gasteiger partial charge in [-0.05, 0) is 22.0 Å². The van der Waals surface area contributed by atoms with E-state index in [0.717, 1.165) is 4.47 Å². The van der Waals surface area contributed by atoms with Gasteiger partial charge < -0.3 is 9.72 Å². The highest BCUT2D eigenvalue weighted by atomic mass is 79.9. The molecule has 0 atom stereocenters. The lowest BCUT2D eigenvalue weighted by molar-refractivity contribution is 0.102. The maximum Gasteiger partial charge on any atom is 0.274 e. The fourth-order valence-corrected chi connectivity index (χ4v) is 1.74. The predicted molar refractivity (Wildman–Crippen MR) is 70.0 cm³/mol. The van der Waals surface area contributed by atoms with Gasteiger partial charge in [0.2, 0.25) is 11.8 Å². The normalized spacial score (nSPS) is 10.2. The molecule has 2 aromatic rings. The Kier molecular flexibility index (Phi) is 3.83. The number of halogens is 2. The number of H-pyrrole nitrogens is 1. The van der Waals surface area contributed by atoms with Crippen LogP contribution in [0.4, 0.5) is 5.95 Å². The van der Waals surface area contributed by atoms with Crippen LogP contribution >= 0.6 is 27.5 Å². The molecule has 0 radical (unpaired) electrons. The van der Waals surface area contributed by atoms with E-state index in [2.05, 4.69) is 36.2 Å². The molecule has 8 heteroatoms. The van der Waals surface area contributed by atoms with Crippen LogP contribution in [0, 0.1) is 0 Å². The smallest absolute Gasteiger partial charge is 0.274 e. The first kappa shape index (κ1) is 12.8. The van der Waals surface area contributed by atoms with Gasteiger partial charge in [-0.2, -0.15) is 4.98 Å². The molecule has 1 amide bonds. The number of ether oxygens (including phenoxy) is 1. The molecule has 2 N–H and O–H groups in total. The van der Waals surface area contributed by atoms with Crippen LogP contribution in [0.25, 0.3) is 0 Å². The predicted octanol–water partition coefficient (Wildman–Crippen LogP) is 2.48. The van der Waals surface area contributed by atoms with Crippen LogP contribution in [0.3, 0.4) is 0 Å². The molecule has 2 heterocycles. The van der Waals surface area contributed by atoms with E-state index in [4.69, 9.17) is 16.3 Å². The van der Waals surface area contributed by atoms with E-state index in [1.165, 1.54) is 13.2 Å². The van der Waals surface area contributed by atoms with Gasteiger partial charge >= 0.3 is 0 Å². The molecule has 0 saturated heterocycles. The summed E-state index contributed by atoms with van der Waals surface area (Å²) >= 11 is 9.00. The number of methoxy groups -OCH3 is 1. The van der Waals surface area contributed by atoms with Crippen LogP contribution in [0.1, 0.15) is 10.5 Å². The highest BCUT2D eigenvalue weighted by Gasteiger charge is 2.11. The summed E-state index contributed by atoms with van der Waals surface area (Å²) in [5.74, 6) is -0.0157. The van der Waals surface area contributed by atoms with E-state index in [-0.39, 0.29) is 22.9 Å². The van der Waals surface area contributed by atoms with Crippen LogP contribution in [0.2, 0.25) is 5.15 Å². The summed E-state index contributed by atoms with van der Waals surface area (Å²) in [5, 5.41) is 2.69. The zero-order chi connectivity index (χ0) is 13.1. The maximum absolute atomic E-state index is 11.8. The van der Waals surface area contributed by atoms with Crippen molar-refractivity contribution in [2.45, 2.75) is 0 Å². The van der Waals surface area contributed by atoms with Crippen LogP contribution in [0.5, 0.6) is 5.88 Å². The van der Waals surface area contributed by atoms with Gasteiger partial charge in [-0.3, -0.25) is 10.1 Å². The second-order valence-electron chi connectivity index (χ2n) is 3.24. The fraction of sp³-hybridized carbons (Fsp3) is 0.100. The molecule has 2 aromatic heterocycles. The Morgan fingerprint density at radius 3 is 2.89 bits per heavy atom. The third kappa shape index (κ3) is 2.99. The first-order chi connectivity index (χ1) is 8.58. The second kappa shape index (κ2) is 5.36. The van der Waals surface area contributed by atoms with Crippen molar-refractivity contribution in [1.82, 2.24) is 15.0 Å². The largest absolute Gasteiger partial charge is 0.481 e. The van der Waals surface area contributed by atoms with Crippen LogP contribution in [-0.4, -0.2) is 28.0 Å². The Bertz CT molecular complexity index is 587. The molecule has 6 nitrogen and oxygen atoms in total. The van der Waals surface area contributed by atoms with Gasteiger partial charge in [0, 0.05) is 16.7 Å². The first-order valence-corrected chi connectivity index (χ1v) is 5.99. The second-order valence-corrected chi connectivity index (χ2v) is 4.55. The van der Waals surface area contributed by atoms with Crippen molar-refractivity contribution in [3.63, 3.8) is 0 Å². The molecule has 0 bridgehead atoms. The van der Waals surface area contributed by atoms with E-state index < -0.39 is 0 Å². The average molecular weight is 332 g/mol. The molecule has 0 aromatic carbocycles. The van der Waals surface area contributed by atoms with Gasteiger partial charge in [-0.15, -0.1) is 0 Å². The maximum atomic E-state index is 11.8. The van der Waals surface area contributed by atoms with Gasteiger partial charge in [0.05, 0.1) is 7.11 Å². The SMILES string of the molecule is COc1cc(Cl)nc(NC(=O)c2cc(Br)c[nH]2)n1. The minimum Gasteiger partial charge on any atom is -0.481 e. The Hall–Kier alpha value is -1.60. The third-order valence-electron chi connectivity index (χ3n) is 2.00. The van der Waals surface area contributed by atoms with Crippen LogP contribution in [-0.2, 0) is 0 Å². The minimum absolute atomic E-state index is 0.0788. The fourth-order valence-electron chi connectivity index (χ4n) is 1.23. The number of hydrogen-bond acceptors (Lipinski definition) is 4. The standard InChI is InChI=1S/C10H8BrClN4O2/c1-18-8-3-7(12)14-10(15-8)16-9(17)6-2-5(11)4-13-6/h2-4,13H,1H3,(H,14,15,16,17). The molecule has 0 saturated carbocycles. The molecule has 0 aliphatic carbocycles. The molecule has 18 heavy (non-hydrogen) atoms. The van der Waals surface area contributed by atoms with Crippen molar-refractivity contribution in [2.75, 3.05) is 12.4 Å². The van der Waals surface area contributed by atoms with E-state index >= 15 is 0 Å². The molecule has 94 valence electrons. The molecule has 0 aliphatic heterocycles. The number of amides is 1. The monoisotopic (exact) mass is 330 g/mol. The number of carbonyl (C=O) groups excluding carboxylic acids is 1. The topological polar surface area (TPSA) is 79.9 Å². The van der Waals surface area contributed by atoms with E-state index in [1.54, 1.807) is 12.3 Å². The number of aromatic nitrogens is 3. The first-order valence-electron chi connectivity index (χ1n) is 4.82. The van der Waals surface area contributed by atoms with Crippen molar-refractivity contribution in [3.05, 3.63) is 33.6 Å². The van der Waals surface area contributed by atoms with E-state index in [9.17, 15) is 4.79 Å². The van der Waals surface area contributed by atoms with Crippen molar-refractivity contribution >= 4 is 39.4 Å². The van der Waals surface area contributed by atoms with Crippen LogP contribution < -0.4 is 10.1 Å². The molecule has 0 unspecified atom stereocenters. The third-order valence-corrected chi connectivity index (χ3v) is 2.65. The summed E-state index contributed by atoms with van der Waals surface area (Å²) in [5.41, 5.74) is 0.379. The van der Waals surface area contributed by atoms with Crippen molar-refractivity contribution in [2.24, 2.45) is 0 Å². The summed E-state index contributed by atoms with van der Waals surface area (Å²) in [6.45, 7) is 0. The van der Waals surface area contributed by atoms with Crippen LogP contribution in [0.15, 0.2) is 22.8 Å². The van der Waals surface area contributed by atoms with Gasteiger partial charge in [0.1, 0.15) is 10.8 Å². The number of aromatic amines is 1. The van der Waals surface area contributed by atoms with Crippen molar-refractivity contribution in [1.29, 1.82) is 0 Å². The van der Waals surface area contributed by atoms with Gasteiger partial charge in [0.15, 0.2) is 0 Å². The highest BCUT2D eigenvalue weighted by molar-refractivity contribution is 9.10. The quantitative estimate of drug-likeness (QED) is 0.847. The number of nitrogens with one attached hydrogen (secondary N) is 2. The average Bonchev–Trinajstić information content (AvgIpc) is 2.75. The molecule has 0 aliphatic rings. The Morgan fingerprint density at radius 2 is 2.28 bits per heavy atom. The lowest BCUT2D eigenvalue weighted by atomic mass is 10.4. The number of hydrogen-bond donors (Lipinski definition) is 2. The molecule has 2 rings (SSSR count). The lowest BCUT2D eigenvalue weighted by Gasteiger charge is -2.04. The molecule has 0 spiro atoms. The van der Waals surface area contributed by atoms with Gasteiger partial charge in [0.25, 0.3) is 5.91 Å². The van der Waals surface area contributed by atoms with E-state index in [0.29, 0.717) is 5.69 Å². The Morgan fingerprint density at radius 1 is 1.50 bits per heavy atom. The summed E-state index contributed by atoms with van der Waals surface area (Å²) in [6.07, 6.45) is 1.65. The summed E-state index contributed by atoms with van der Waals surface area (Å²) < 4.78 is 5.70. The molecular formula is C10H8BrClN4O2. The number of rotatable bonds is 3. The summed E-state index contributed by atoms with van der Waals surface area (Å²) in [4.78, 5) is 22.4. The van der Waals surface area contributed by atoms with Crippen molar-refractivity contribution in [3.8, 4) is 5.88 Å². The summed E-state index contributed by atoms with van der Waals surface area (Å²) in [6, 6.07) is 3.08. The number of nitrogens with zero attached hydrogens (tertiary/aromatic N) is 2. The number of anilines is 1. The number of carbonyl (C=O) groups is 1. The Balaban J connectivity index is 2.18. The van der Waals surface area contributed by atoms with Gasteiger partial charge in [-0.25, -0.2) is 4.98 Å². The van der Waals surface area contributed by atoms with E-state index in [1.807, 2.05) is 0 Å². The zero-order valence-corrected chi connectivity index (χ0v) is 11.5. The lowest BCUT2D eigenvalue weighted by Crippen LogP contribution is -2.14. The van der Waals surface area contributed by atoms with Gasteiger partial charge in [-0.1, -0.05) is 11.6 Å². The minimum atomic E-state index is -0.370. The Labute approximate surface area is 116 Å². The summed E-state index contributed by atoms with van der Waals surface area (Å²) in [7, 11) is 1.45.